The van der Waals surface area contributed by atoms with E-state index >= 15 is 0 Å². The second-order valence-corrected chi connectivity index (χ2v) is 6.34. The molecule has 1 atom stereocenters. The number of aromatic nitrogens is 1. The van der Waals surface area contributed by atoms with Crippen molar-refractivity contribution in [2.45, 2.75) is 46.6 Å². The largest absolute Gasteiger partial charge is 0.351 e. The summed E-state index contributed by atoms with van der Waals surface area (Å²) in [6, 6.07) is 4.22. The fraction of sp³-hybridized carbons (Fsp3) is 0.562. The predicted octanol–water partition coefficient (Wildman–Crippen LogP) is 4.05. The minimum atomic E-state index is 0.185. The van der Waals surface area contributed by atoms with Crippen LogP contribution >= 0.6 is 0 Å². The van der Waals surface area contributed by atoms with Crippen molar-refractivity contribution in [3.63, 3.8) is 0 Å². The Morgan fingerprint density at radius 3 is 2.61 bits per heavy atom. The summed E-state index contributed by atoms with van der Waals surface area (Å²) in [5, 5.41) is 0. The molecule has 98 valence electrons. The van der Waals surface area contributed by atoms with Gasteiger partial charge in [0, 0.05) is 23.3 Å². The molecule has 1 aliphatic heterocycles. The smallest absolute Gasteiger partial charge is 0.136 e. The molecule has 0 radical (unpaired) electrons. The topological polar surface area (TPSA) is 16.1 Å². The maximum atomic E-state index is 4.77. The molecule has 0 N–H and O–H groups in total. The van der Waals surface area contributed by atoms with E-state index in [0.717, 1.165) is 29.5 Å². The molecule has 2 heterocycles. The summed E-state index contributed by atoms with van der Waals surface area (Å²) in [5.74, 6) is 1.83. The average Bonchev–Trinajstić information content (AvgIpc) is 2.51. The van der Waals surface area contributed by atoms with Crippen LogP contribution in [-0.4, -0.2) is 17.1 Å². The van der Waals surface area contributed by atoms with Gasteiger partial charge < -0.3 is 4.90 Å². The average molecular weight is 244 g/mol. The molecule has 0 aliphatic carbocycles. The highest BCUT2D eigenvalue weighted by atomic mass is 15.3. The molecule has 1 aromatic heterocycles. The third-order valence-corrected chi connectivity index (χ3v) is 3.80. The van der Waals surface area contributed by atoms with Crippen LogP contribution < -0.4 is 4.90 Å². The molecule has 1 aromatic rings. The van der Waals surface area contributed by atoms with E-state index in [1.54, 1.807) is 0 Å². The van der Waals surface area contributed by atoms with Crippen LogP contribution in [0, 0.1) is 12.8 Å². The van der Waals surface area contributed by atoms with Gasteiger partial charge in [-0.25, -0.2) is 4.98 Å². The van der Waals surface area contributed by atoms with Crippen LogP contribution in [0.2, 0.25) is 0 Å². The first-order valence-corrected chi connectivity index (χ1v) is 6.72. The molecule has 0 bridgehead atoms. The Kier molecular flexibility index (Phi) is 3.22. The summed E-state index contributed by atoms with van der Waals surface area (Å²) in [4.78, 5) is 7.22. The van der Waals surface area contributed by atoms with E-state index in [1.807, 2.05) is 0 Å². The summed E-state index contributed by atoms with van der Waals surface area (Å²) in [6.07, 6.45) is 1.22. The van der Waals surface area contributed by atoms with Gasteiger partial charge in [-0.3, -0.25) is 0 Å². The Morgan fingerprint density at radius 2 is 2.11 bits per heavy atom. The molecule has 1 saturated heterocycles. The standard InChI is InChI=1S/C16H24N2/c1-11(2)14-8-7-13(4)17-15(14)18-10-12(3)9-16(18,5)6/h7-8,12H,1,9-10H2,2-6H3/t12-/m0/s1. The van der Waals surface area contributed by atoms with Crippen LogP contribution in [0.1, 0.15) is 45.4 Å². The number of nitrogens with zero attached hydrogens (tertiary/aromatic N) is 2. The molecule has 2 nitrogen and oxygen atoms in total. The van der Waals surface area contributed by atoms with Crippen molar-refractivity contribution < 1.29 is 0 Å². The Bertz CT molecular complexity index is 474. The lowest BCUT2D eigenvalue weighted by molar-refractivity contribution is 0.486. The highest BCUT2D eigenvalue weighted by Crippen LogP contribution is 2.38. The van der Waals surface area contributed by atoms with E-state index in [-0.39, 0.29) is 5.54 Å². The van der Waals surface area contributed by atoms with E-state index in [9.17, 15) is 0 Å². The van der Waals surface area contributed by atoms with Crippen molar-refractivity contribution in [2.75, 3.05) is 11.4 Å². The molecular formula is C16H24N2. The lowest BCUT2D eigenvalue weighted by Crippen LogP contribution is -2.39. The van der Waals surface area contributed by atoms with E-state index in [4.69, 9.17) is 4.98 Å². The number of rotatable bonds is 2. The Labute approximate surface area is 111 Å². The Balaban J connectivity index is 2.50. The summed E-state index contributed by atoms with van der Waals surface area (Å²) < 4.78 is 0. The zero-order chi connectivity index (χ0) is 13.5. The van der Waals surface area contributed by atoms with Crippen LogP contribution in [0.5, 0.6) is 0 Å². The van der Waals surface area contributed by atoms with E-state index < -0.39 is 0 Å². The van der Waals surface area contributed by atoms with Crippen molar-refractivity contribution in [1.29, 1.82) is 0 Å². The van der Waals surface area contributed by atoms with Gasteiger partial charge in [-0.15, -0.1) is 0 Å². The normalized spacial score (nSPS) is 22.3. The third-order valence-electron chi connectivity index (χ3n) is 3.80. The van der Waals surface area contributed by atoms with Crippen LogP contribution in [-0.2, 0) is 0 Å². The minimum absolute atomic E-state index is 0.185. The zero-order valence-electron chi connectivity index (χ0n) is 12.2. The maximum absolute atomic E-state index is 4.77. The highest BCUT2D eigenvalue weighted by molar-refractivity contribution is 5.73. The number of allylic oxidation sites excluding steroid dienone is 1. The number of hydrogen-bond donors (Lipinski definition) is 0. The molecule has 1 aliphatic rings. The zero-order valence-corrected chi connectivity index (χ0v) is 12.2. The van der Waals surface area contributed by atoms with Gasteiger partial charge in [0.1, 0.15) is 5.82 Å². The Hall–Kier alpha value is -1.31. The van der Waals surface area contributed by atoms with Gasteiger partial charge in [-0.05, 0) is 57.7 Å². The van der Waals surface area contributed by atoms with Gasteiger partial charge in [0.05, 0.1) is 0 Å². The number of pyridine rings is 1. The SMILES string of the molecule is C=C(C)c1ccc(C)nc1N1C[C@@H](C)CC1(C)C. The second kappa shape index (κ2) is 4.42. The highest BCUT2D eigenvalue weighted by Gasteiger charge is 2.38. The van der Waals surface area contributed by atoms with Crippen molar-refractivity contribution in [2.24, 2.45) is 5.92 Å². The van der Waals surface area contributed by atoms with E-state index in [1.165, 1.54) is 12.0 Å². The lowest BCUT2D eigenvalue weighted by Gasteiger charge is -2.34. The molecule has 0 amide bonds. The Morgan fingerprint density at radius 1 is 1.44 bits per heavy atom. The quantitative estimate of drug-likeness (QED) is 0.780. The number of hydrogen-bond acceptors (Lipinski definition) is 2. The molecule has 1 fully saturated rings. The fourth-order valence-corrected chi connectivity index (χ4v) is 3.04. The van der Waals surface area contributed by atoms with Crippen LogP contribution in [0.15, 0.2) is 18.7 Å². The van der Waals surface area contributed by atoms with Crippen LogP contribution in [0.25, 0.3) is 5.57 Å². The molecule has 2 heteroatoms. The first kappa shape index (κ1) is 13.1. The predicted molar refractivity (Wildman–Crippen MR) is 78.9 cm³/mol. The number of aryl methyl sites for hydroxylation is 1. The van der Waals surface area contributed by atoms with Gasteiger partial charge in [-0.1, -0.05) is 13.5 Å². The monoisotopic (exact) mass is 244 g/mol. The number of anilines is 1. The molecule has 0 saturated carbocycles. The summed E-state index contributed by atoms with van der Waals surface area (Å²) >= 11 is 0. The van der Waals surface area contributed by atoms with E-state index in [2.05, 4.69) is 58.2 Å². The summed E-state index contributed by atoms with van der Waals surface area (Å²) in [7, 11) is 0. The van der Waals surface area contributed by atoms with Gasteiger partial charge in [0.25, 0.3) is 0 Å². The van der Waals surface area contributed by atoms with Gasteiger partial charge >= 0.3 is 0 Å². The minimum Gasteiger partial charge on any atom is -0.351 e. The van der Waals surface area contributed by atoms with Gasteiger partial charge in [-0.2, -0.15) is 0 Å². The first-order valence-electron chi connectivity index (χ1n) is 6.72. The molecule has 0 unspecified atom stereocenters. The molecular weight excluding hydrogens is 220 g/mol. The van der Waals surface area contributed by atoms with Crippen LogP contribution in [0.3, 0.4) is 0 Å². The van der Waals surface area contributed by atoms with Gasteiger partial charge in [0.2, 0.25) is 0 Å². The van der Waals surface area contributed by atoms with Crippen molar-refractivity contribution in [1.82, 2.24) is 4.98 Å². The third kappa shape index (κ3) is 2.29. The maximum Gasteiger partial charge on any atom is 0.136 e. The molecule has 2 rings (SSSR count). The molecule has 0 spiro atoms. The fourth-order valence-electron chi connectivity index (χ4n) is 3.04. The summed E-state index contributed by atoms with van der Waals surface area (Å²) in [6.45, 7) is 16.2. The van der Waals surface area contributed by atoms with Crippen LogP contribution in [0.4, 0.5) is 5.82 Å². The van der Waals surface area contributed by atoms with Crippen molar-refractivity contribution in [3.05, 3.63) is 30.0 Å². The first-order chi connectivity index (χ1) is 8.31. The second-order valence-electron chi connectivity index (χ2n) is 6.34. The van der Waals surface area contributed by atoms with Crippen molar-refractivity contribution in [3.8, 4) is 0 Å². The van der Waals surface area contributed by atoms with Gasteiger partial charge in [0.15, 0.2) is 0 Å². The van der Waals surface area contributed by atoms with Crippen molar-refractivity contribution >= 4 is 11.4 Å². The lowest BCUT2D eigenvalue weighted by atomic mass is 9.97. The molecule has 18 heavy (non-hydrogen) atoms. The molecule has 0 aromatic carbocycles. The summed E-state index contributed by atoms with van der Waals surface area (Å²) in [5.41, 5.74) is 3.53. The van der Waals surface area contributed by atoms with E-state index in [0.29, 0.717) is 0 Å².